The second kappa shape index (κ2) is 5.13. The highest BCUT2D eigenvalue weighted by molar-refractivity contribution is 5.09. The molecule has 0 aromatic heterocycles. The molecule has 1 rings (SSSR count). The van der Waals surface area contributed by atoms with Crippen LogP contribution in [0.5, 0.6) is 0 Å². The van der Waals surface area contributed by atoms with Crippen LogP contribution in [-0.2, 0) is 0 Å². The van der Waals surface area contributed by atoms with Gasteiger partial charge in [-0.25, -0.2) is 0 Å². The summed E-state index contributed by atoms with van der Waals surface area (Å²) >= 11 is 0. The van der Waals surface area contributed by atoms with Gasteiger partial charge in [-0.2, -0.15) is 0 Å². The number of rotatable bonds is 4. The summed E-state index contributed by atoms with van der Waals surface area (Å²) in [6.07, 6.45) is 5.42. The van der Waals surface area contributed by atoms with Gasteiger partial charge in [0, 0.05) is 19.1 Å². The summed E-state index contributed by atoms with van der Waals surface area (Å²) in [5, 5.41) is 9.68. The van der Waals surface area contributed by atoms with Gasteiger partial charge >= 0.3 is 0 Å². The Bertz CT molecular complexity index is 225. The van der Waals surface area contributed by atoms with Crippen molar-refractivity contribution in [3.8, 4) is 0 Å². The topological polar surface area (TPSA) is 23.5 Å². The van der Waals surface area contributed by atoms with Crippen LogP contribution in [0.4, 0.5) is 0 Å². The number of nitrogens with zero attached hydrogens (tertiary/aromatic N) is 1. The Morgan fingerprint density at radius 1 is 1.47 bits per heavy atom. The van der Waals surface area contributed by atoms with Crippen molar-refractivity contribution in [2.75, 3.05) is 13.1 Å². The summed E-state index contributed by atoms with van der Waals surface area (Å²) in [5.41, 5.74) is 0.970. The molecule has 1 aliphatic rings. The van der Waals surface area contributed by atoms with E-state index >= 15 is 0 Å². The van der Waals surface area contributed by atoms with Crippen molar-refractivity contribution >= 4 is 0 Å². The standard InChI is InChI=1S/C13H25NO/c1-11(2)14-9-5-6-12(10-14)7-8-13(3,4)15/h6,11,15H,5,7-10H2,1-4H3. The predicted octanol–water partition coefficient (Wildman–Crippen LogP) is 2.58. The molecule has 2 nitrogen and oxygen atoms in total. The molecule has 0 saturated heterocycles. The first-order valence-electron chi connectivity index (χ1n) is 6.03. The van der Waals surface area contributed by atoms with Crippen molar-refractivity contribution < 1.29 is 5.11 Å². The minimum Gasteiger partial charge on any atom is -0.390 e. The quantitative estimate of drug-likeness (QED) is 0.722. The molecule has 0 aromatic carbocycles. The van der Waals surface area contributed by atoms with Gasteiger partial charge < -0.3 is 5.11 Å². The highest BCUT2D eigenvalue weighted by Crippen LogP contribution is 2.20. The average molecular weight is 211 g/mol. The Labute approximate surface area is 94.0 Å². The number of aliphatic hydroxyl groups is 1. The van der Waals surface area contributed by atoms with Crippen LogP contribution in [0.3, 0.4) is 0 Å². The van der Waals surface area contributed by atoms with Gasteiger partial charge in [-0.3, -0.25) is 4.90 Å². The molecule has 0 saturated carbocycles. The van der Waals surface area contributed by atoms with Gasteiger partial charge in [0.05, 0.1) is 5.60 Å². The van der Waals surface area contributed by atoms with Crippen LogP contribution in [0, 0.1) is 0 Å². The highest BCUT2D eigenvalue weighted by Gasteiger charge is 2.18. The zero-order valence-electron chi connectivity index (χ0n) is 10.6. The van der Waals surface area contributed by atoms with E-state index < -0.39 is 5.60 Å². The van der Waals surface area contributed by atoms with E-state index in [9.17, 15) is 5.11 Å². The molecule has 1 aliphatic heterocycles. The van der Waals surface area contributed by atoms with E-state index in [0.29, 0.717) is 6.04 Å². The van der Waals surface area contributed by atoms with Gasteiger partial charge in [-0.1, -0.05) is 11.6 Å². The summed E-state index contributed by atoms with van der Waals surface area (Å²) in [4.78, 5) is 2.50. The van der Waals surface area contributed by atoms with E-state index in [0.717, 1.165) is 19.4 Å². The van der Waals surface area contributed by atoms with Crippen LogP contribution in [0.25, 0.3) is 0 Å². The van der Waals surface area contributed by atoms with Crippen molar-refractivity contribution in [3.63, 3.8) is 0 Å². The molecule has 2 heteroatoms. The summed E-state index contributed by atoms with van der Waals surface area (Å²) in [7, 11) is 0. The van der Waals surface area contributed by atoms with Crippen LogP contribution in [-0.4, -0.2) is 34.7 Å². The minimum absolute atomic E-state index is 0.527. The van der Waals surface area contributed by atoms with Gasteiger partial charge in [-0.15, -0.1) is 0 Å². The molecule has 0 radical (unpaired) electrons. The Hall–Kier alpha value is -0.340. The molecule has 0 aromatic rings. The molecular weight excluding hydrogens is 186 g/mol. The van der Waals surface area contributed by atoms with E-state index in [2.05, 4.69) is 24.8 Å². The van der Waals surface area contributed by atoms with Crippen molar-refractivity contribution in [1.82, 2.24) is 4.90 Å². The van der Waals surface area contributed by atoms with Gasteiger partial charge in [0.15, 0.2) is 0 Å². The maximum Gasteiger partial charge on any atom is 0.0594 e. The normalized spacial score (nSPS) is 19.5. The maximum absolute atomic E-state index is 9.68. The monoisotopic (exact) mass is 211 g/mol. The molecule has 0 bridgehead atoms. The fourth-order valence-electron chi connectivity index (χ4n) is 1.93. The van der Waals surface area contributed by atoms with Gasteiger partial charge in [-0.05, 0) is 47.0 Å². The first-order valence-corrected chi connectivity index (χ1v) is 6.03. The summed E-state index contributed by atoms with van der Waals surface area (Å²) < 4.78 is 0. The third-order valence-electron chi connectivity index (χ3n) is 3.04. The Kier molecular flexibility index (Phi) is 4.35. The van der Waals surface area contributed by atoms with Gasteiger partial charge in [0.2, 0.25) is 0 Å². The SMILES string of the molecule is CC(C)N1CCC=C(CCC(C)(C)O)C1. The lowest BCUT2D eigenvalue weighted by Gasteiger charge is -2.31. The van der Waals surface area contributed by atoms with E-state index in [1.807, 2.05) is 13.8 Å². The second-order valence-electron chi connectivity index (χ2n) is 5.53. The molecule has 88 valence electrons. The van der Waals surface area contributed by atoms with E-state index in [4.69, 9.17) is 0 Å². The zero-order valence-corrected chi connectivity index (χ0v) is 10.6. The lowest BCUT2D eigenvalue weighted by atomic mass is 9.96. The number of hydrogen-bond donors (Lipinski definition) is 1. The number of hydrogen-bond acceptors (Lipinski definition) is 2. The molecule has 1 heterocycles. The van der Waals surface area contributed by atoms with Gasteiger partial charge in [0.1, 0.15) is 0 Å². The summed E-state index contributed by atoms with van der Waals surface area (Å²) in [5.74, 6) is 0. The largest absolute Gasteiger partial charge is 0.390 e. The minimum atomic E-state index is -0.527. The van der Waals surface area contributed by atoms with E-state index in [1.54, 1.807) is 0 Å². The molecule has 0 aliphatic carbocycles. The van der Waals surface area contributed by atoms with Crippen LogP contribution >= 0.6 is 0 Å². The molecule has 0 amide bonds. The Morgan fingerprint density at radius 3 is 2.67 bits per heavy atom. The third-order valence-corrected chi connectivity index (χ3v) is 3.04. The maximum atomic E-state index is 9.68. The van der Waals surface area contributed by atoms with Crippen molar-refractivity contribution in [2.45, 2.75) is 58.6 Å². The first kappa shape index (κ1) is 12.7. The Morgan fingerprint density at radius 2 is 2.13 bits per heavy atom. The van der Waals surface area contributed by atoms with E-state index in [-0.39, 0.29) is 0 Å². The van der Waals surface area contributed by atoms with Gasteiger partial charge in [0.25, 0.3) is 0 Å². The predicted molar refractivity (Wildman–Crippen MR) is 64.9 cm³/mol. The smallest absolute Gasteiger partial charge is 0.0594 e. The summed E-state index contributed by atoms with van der Waals surface area (Å²) in [6.45, 7) is 10.5. The van der Waals surface area contributed by atoms with Crippen LogP contribution in [0.2, 0.25) is 0 Å². The van der Waals surface area contributed by atoms with Crippen LogP contribution < -0.4 is 0 Å². The molecule has 1 N–H and O–H groups in total. The highest BCUT2D eigenvalue weighted by atomic mass is 16.3. The Balaban J connectivity index is 2.40. The second-order valence-corrected chi connectivity index (χ2v) is 5.53. The average Bonchev–Trinajstić information content (AvgIpc) is 2.14. The zero-order chi connectivity index (χ0) is 11.5. The molecule has 0 atom stereocenters. The van der Waals surface area contributed by atoms with Crippen molar-refractivity contribution in [2.24, 2.45) is 0 Å². The molecule has 0 fully saturated rings. The molecule has 0 unspecified atom stereocenters. The fraction of sp³-hybridized carbons (Fsp3) is 0.846. The third kappa shape index (κ3) is 4.80. The molecular formula is C13H25NO. The first-order chi connectivity index (χ1) is 6.88. The molecule has 0 spiro atoms. The van der Waals surface area contributed by atoms with Crippen molar-refractivity contribution in [1.29, 1.82) is 0 Å². The van der Waals surface area contributed by atoms with Crippen molar-refractivity contribution in [3.05, 3.63) is 11.6 Å². The lowest BCUT2D eigenvalue weighted by Crippen LogP contribution is -2.36. The summed E-state index contributed by atoms with van der Waals surface area (Å²) in [6, 6.07) is 0.635. The van der Waals surface area contributed by atoms with E-state index in [1.165, 1.54) is 18.5 Å². The fourth-order valence-corrected chi connectivity index (χ4v) is 1.93. The lowest BCUT2D eigenvalue weighted by molar-refractivity contribution is 0.0704. The van der Waals surface area contributed by atoms with Crippen LogP contribution in [0.1, 0.15) is 47.0 Å². The molecule has 15 heavy (non-hydrogen) atoms. The van der Waals surface area contributed by atoms with Crippen LogP contribution in [0.15, 0.2) is 11.6 Å².